The van der Waals surface area contributed by atoms with Crippen LogP contribution in [0, 0.1) is 10.1 Å². The molecule has 2 aromatic rings. The highest BCUT2D eigenvalue weighted by molar-refractivity contribution is 5.84. The Labute approximate surface area is 137 Å². The van der Waals surface area contributed by atoms with Gasteiger partial charge in [0.1, 0.15) is 5.75 Å². The van der Waals surface area contributed by atoms with Crippen molar-refractivity contribution in [2.24, 2.45) is 5.10 Å². The van der Waals surface area contributed by atoms with E-state index < -0.39 is 11.0 Å². The fourth-order valence-electron chi connectivity index (χ4n) is 1.81. The van der Waals surface area contributed by atoms with E-state index in [-0.39, 0.29) is 18.0 Å². The number of nitrogens with one attached hydrogen (secondary N) is 1. The molecule has 124 valence electrons. The summed E-state index contributed by atoms with van der Waals surface area (Å²) in [7, 11) is 0. The molecule has 0 atom stereocenters. The van der Waals surface area contributed by atoms with Crippen LogP contribution in [0.4, 0.5) is 10.5 Å². The number of carbonyl (C=O) groups is 1. The van der Waals surface area contributed by atoms with E-state index in [9.17, 15) is 14.9 Å². The highest BCUT2D eigenvalue weighted by atomic mass is 16.6. The Balaban J connectivity index is 2.19. The van der Waals surface area contributed by atoms with Gasteiger partial charge in [-0.25, -0.2) is 10.2 Å². The van der Waals surface area contributed by atoms with E-state index in [4.69, 9.17) is 4.74 Å². The third-order valence-electron chi connectivity index (χ3n) is 2.84. The molecule has 0 unspecified atom stereocenters. The van der Waals surface area contributed by atoms with E-state index in [0.717, 1.165) is 0 Å². The van der Waals surface area contributed by atoms with E-state index in [0.29, 0.717) is 11.3 Å². The molecule has 0 saturated heterocycles. The number of amides is 1. The van der Waals surface area contributed by atoms with E-state index in [1.807, 2.05) is 0 Å². The number of ether oxygens (including phenoxy) is 2. The van der Waals surface area contributed by atoms with Gasteiger partial charge in [0.05, 0.1) is 17.7 Å². The van der Waals surface area contributed by atoms with Crippen LogP contribution in [0.2, 0.25) is 0 Å². The number of nitro benzene ring substituents is 1. The first-order valence-electron chi connectivity index (χ1n) is 7.08. The van der Waals surface area contributed by atoms with Crippen LogP contribution in [0.25, 0.3) is 0 Å². The van der Waals surface area contributed by atoms with Gasteiger partial charge < -0.3 is 9.47 Å². The monoisotopic (exact) mass is 329 g/mol. The summed E-state index contributed by atoms with van der Waals surface area (Å²) in [5.74, 6) is 0.475. The maximum atomic E-state index is 11.2. The summed E-state index contributed by atoms with van der Waals surface area (Å²) in [5.41, 5.74) is 2.59. The average molecular weight is 329 g/mol. The van der Waals surface area contributed by atoms with Crippen molar-refractivity contribution < 1.29 is 19.2 Å². The zero-order valence-electron chi connectivity index (χ0n) is 12.8. The molecular formula is C16H15N3O5. The Morgan fingerprint density at radius 3 is 2.58 bits per heavy atom. The molecule has 0 aliphatic carbocycles. The Hall–Kier alpha value is -3.42. The molecule has 0 saturated carbocycles. The van der Waals surface area contributed by atoms with Crippen molar-refractivity contribution in [1.29, 1.82) is 0 Å². The minimum atomic E-state index is -0.675. The van der Waals surface area contributed by atoms with Gasteiger partial charge in [-0.05, 0) is 25.1 Å². The van der Waals surface area contributed by atoms with Crippen molar-refractivity contribution in [1.82, 2.24) is 5.43 Å². The third kappa shape index (κ3) is 4.54. The van der Waals surface area contributed by atoms with Crippen molar-refractivity contribution in [2.75, 3.05) is 6.61 Å². The summed E-state index contributed by atoms with van der Waals surface area (Å²) in [6, 6.07) is 12.9. The predicted molar refractivity (Wildman–Crippen MR) is 87.4 cm³/mol. The Kier molecular flexibility index (Phi) is 5.84. The van der Waals surface area contributed by atoms with Gasteiger partial charge in [-0.1, -0.05) is 24.3 Å². The standard InChI is InChI=1S/C16H15N3O5/c1-2-23-16(20)18-17-11-12-7-3-5-9-14(12)24-15-10-6-4-8-13(15)19(21)22/h3-11H,2H2,1H3,(H,18,20)/b17-11+. The molecule has 0 heterocycles. The summed E-state index contributed by atoms with van der Waals surface area (Å²) in [4.78, 5) is 21.7. The Morgan fingerprint density at radius 2 is 1.88 bits per heavy atom. The van der Waals surface area contributed by atoms with Gasteiger partial charge in [0.15, 0.2) is 0 Å². The first kappa shape index (κ1) is 16.9. The lowest BCUT2D eigenvalue weighted by molar-refractivity contribution is -0.385. The normalized spacial score (nSPS) is 10.4. The van der Waals surface area contributed by atoms with E-state index in [1.165, 1.54) is 18.3 Å². The zero-order valence-corrected chi connectivity index (χ0v) is 12.8. The molecule has 8 heteroatoms. The number of para-hydroxylation sites is 3. The molecule has 1 N–H and O–H groups in total. The molecule has 0 aliphatic rings. The van der Waals surface area contributed by atoms with Gasteiger partial charge in [0, 0.05) is 11.6 Å². The number of benzene rings is 2. The Morgan fingerprint density at radius 1 is 1.21 bits per heavy atom. The molecule has 2 rings (SSSR count). The highest BCUT2D eigenvalue weighted by Crippen LogP contribution is 2.31. The number of rotatable bonds is 6. The average Bonchev–Trinajstić information content (AvgIpc) is 2.57. The van der Waals surface area contributed by atoms with Gasteiger partial charge in [-0.15, -0.1) is 0 Å². The summed E-state index contributed by atoms with van der Waals surface area (Å²) in [6.07, 6.45) is 0.687. The molecule has 0 bridgehead atoms. The van der Waals surface area contributed by atoms with Crippen molar-refractivity contribution in [3.63, 3.8) is 0 Å². The quantitative estimate of drug-likeness (QED) is 0.496. The van der Waals surface area contributed by atoms with Crippen molar-refractivity contribution in [3.05, 3.63) is 64.2 Å². The summed E-state index contributed by atoms with van der Waals surface area (Å²) in [6.45, 7) is 1.91. The van der Waals surface area contributed by atoms with Gasteiger partial charge in [0.2, 0.25) is 5.75 Å². The lowest BCUT2D eigenvalue weighted by Gasteiger charge is -2.08. The second-order valence-electron chi connectivity index (χ2n) is 4.46. The summed E-state index contributed by atoms with van der Waals surface area (Å²) >= 11 is 0. The molecule has 0 aromatic heterocycles. The van der Waals surface area contributed by atoms with Gasteiger partial charge in [-0.3, -0.25) is 10.1 Å². The minimum Gasteiger partial charge on any atom is -0.449 e. The highest BCUT2D eigenvalue weighted by Gasteiger charge is 2.15. The van der Waals surface area contributed by atoms with Gasteiger partial charge in [-0.2, -0.15) is 5.10 Å². The topological polar surface area (TPSA) is 103 Å². The van der Waals surface area contributed by atoms with Crippen molar-refractivity contribution in [3.8, 4) is 11.5 Å². The zero-order chi connectivity index (χ0) is 17.4. The lowest BCUT2D eigenvalue weighted by atomic mass is 10.2. The first-order chi connectivity index (χ1) is 11.6. The summed E-state index contributed by atoms with van der Waals surface area (Å²) < 4.78 is 10.3. The SMILES string of the molecule is CCOC(=O)N/N=C/c1ccccc1Oc1ccccc1[N+](=O)[O-]. The van der Waals surface area contributed by atoms with E-state index >= 15 is 0 Å². The van der Waals surface area contributed by atoms with E-state index in [2.05, 4.69) is 15.3 Å². The van der Waals surface area contributed by atoms with Crippen LogP contribution in [0.5, 0.6) is 11.5 Å². The van der Waals surface area contributed by atoms with Crippen LogP contribution >= 0.6 is 0 Å². The molecular weight excluding hydrogens is 314 g/mol. The molecule has 2 aromatic carbocycles. The van der Waals surface area contributed by atoms with Crippen LogP contribution < -0.4 is 10.2 Å². The molecule has 24 heavy (non-hydrogen) atoms. The summed E-state index contributed by atoms with van der Waals surface area (Å²) in [5, 5.41) is 14.8. The molecule has 0 radical (unpaired) electrons. The van der Waals surface area contributed by atoms with Gasteiger partial charge >= 0.3 is 11.8 Å². The minimum absolute atomic E-state index is 0.113. The molecule has 0 aliphatic heterocycles. The van der Waals surface area contributed by atoms with Crippen molar-refractivity contribution in [2.45, 2.75) is 6.92 Å². The number of hydrazone groups is 1. The number of hydrogen-bond acceptors (Lipinski definition) is 6. The smallest absolute Gasteiger partial charge is 0.427 e. The van der Waals surface area contributed by atoms with Crippen LogP contribution in [0.1, 0.15) is 12.5 Å². The van der Waals surface area contributed by atoms with Crippen molar-refractivity contribution >= 4 is 18.0 Å². The third-order valence-corrected chi connectivity index (χ3v) is 2.84. The number of nitrogens with zero attached hydrogens (tertiary/aromatic N) is 2. The maximum Gasteiger partial charge on any atom is 0.427 e. The molecule has 0 spiro atoms. The molecule has 1 amide bonds. The fraction of sp³-hybridized carbons (Fsp3) is 0.125. The number of carbonyl (C=O) groups excluding carboxylic acids is 1. The maximum absolute atomic E-state index is 11.2. The van der Waals surface area contributed by atoms with Gasteiger partial charge in [0.25, 0.3) is 0 Å². The Bertz CT molecular complexity index is 761. The first-order valence-corrected chi connectivity index (χ1v) is 7.08. The van der Waals surface area contributed by atoms with Crippen LogP contribution in [-0.2, 0) is 4.74 Å². The second kappa shape index (κ2) is 8.28. The van der Waals surface area contributed by atoms with E-state index in [1.54, 1.807) is 43.3 Å². The number of hydrogen-bond donors (Lipinski definition) is 1. The fourth-order valence-corrected chi connectivity index (χ4v) is 1.81. The van der Waals surface area contributed by atoms with Crippen LogP contribution in [0.3, 0.4) is 0 Å². The molecule has 8 nitrogen and oxygen atoms in total. The lowest BCUT2D eigenvalue weighted by Crippen LogP contribution is -2.18. The van der Waals surface area contributed by atoms with Crippen LogP contribution in [0.15, 0.2) is 53.6 Å². The second-order valence-corrected chi connectivity index (χ2v) is 4.46. The largest absolute Gasteiger partial charge is 0.449 e. The predicted octanol–water partition coefficient (Wildman–Crippen LogP) is 3.47. The van der Waals surface area contributed by atoms with Crippen LogP contribution in [-0.4, -0.2) is 23.8 Å². The molecule has 0 fully saturated rings. The number of nitro groups is 1.